The van der Waals surface area contributed by atoms with E-state index < -0.39 is 17.9 Å². The van der Waals surface area contributed by atoms with E-state index in [0.29, 0.717) is 19.1 Å². The van der Waals surface area contributed by atoms with Crippen LogP contribution in [-0.4, -0.2) is 82.9 Å². The number of aliphatic carboxylic acids is 1. The van der Waals surface area contributed by atoms with Crippen LogP contribution in [0.1, 0.15) is 33.1 Å². The van der Waals surface area contributed by atoms with Crippen LogP contribution in [0.15, 0.2) is 0 Å². The van der Waals surface area contributed by atoms with Crippen molar-refractivity contribution >= 4 is 17.8 Å². The highest BCUT2D eigenvalue weighted by molar-refractivity contribution is 5.91. The highest BCUT2D eigenvalue weighted by Crippen LogP contribution is 2.24. The van der Waals surface area contributed by atoms with Gasteiger partial charge in [0.25, 0.3) is 0 Å². The molecule has 0 aromatic heterocycles. The molecule has 0 bridgehead atoms. The molecule has 7 nitrogen and oxygen atoms in total. The molecule has 0 unspecified atom stereocenters. The maximum Gasteiger partial charge on any atom is 0.326 e. The van der Waals surface area contributed by atoms with Crippen molar-refractivity contribution < 1.29 is 19.5 Å². The van der Waals surface area contributed by atoms with Gasteiger partial charge in [-0.1, -0.05) is 6.92 Å². The van der Waals surface area contributed by atoms with Gasteiger partial charge in [-0.3, -0.25) is 14.5 Å². The summed E-state index contributed by atoms with van der Waals surface area (Å²) in [5.41, 5.74) is 0. The van der Waals surface area contributed by atoms with Crippen LogP contribution in [0.5, 0.6) is 0 Å². The summed E-state index contributed by atoms with van der Waals surface area (Å²) in [4.78, 5) is 41.0. The number of hydrogen-bond acceptors (Lipinski definition) is 4. The highest BCUT2D eigenvalue weighted by Gasteiger charge is 2.39. The Morgan fingerprint density at radius 2 is 2.13 bits per heavy atom. The minimum absolute atomic E-state index is 0.00248. The first-order valence-electron chi connectivity index (χ1n) is 8.36. The van der Waals surface area contributed by atoms with Crippen molar-refractivity contribution in [3.05, 3.63) is 0 Å². The van der Waals surface area contributed by atoms with Gasteiger partial charge in [0.15, 0.2) is 0 Å². The van der Waals surface area contributed by atoms with Gasteiger partial charge in [0, 0.05) is 32.6 Å². The van der Waals surface area contributed by atoms with E-state index in [2.05, 4.69) is 11.8 Å². The third kappa shape index (κ3) is 3.83. The van der Waals surface area contributed by atoms with Gasteiger partial charge in [-0.05, 0) is 32.9 Å². The van der Waals surface area contributed by atoms with Gasteiger partial charge >= 0.3 is 5.97 Å². The molecule has 0 radical (unpaired) electrons. The molecule has 0 aromatic carbocycles. The van der Waals surface area contributed by atoms with Crippen molar-refractivity contribution in [3.8, 4) is 0 Å². The second-order valence-corrected chi connectivity index (χ2v) is 6.59. The van der Waals surface area contributed by atoms with Crippen LogP contribution in [0.25, 0.3) is 0 Å². The lowest BCUT2D eigenvalue weighted by atomic mass is 10.1. The molecule has 0 saturated carbocycles. The Morgan fingerprint density at radius 3 is 2.74 bits per heavy atom. The summed E-state index contributed by atoms with van der Waals surface area (Å²) in [6, 6.07) is -0.495. The summed E-state index contributed by atoms with van der Waals surface area (Å²) in [5, 5.41) is 9.02. The van der Waals surface area contributed by atoms with Crippen molar-refractivity contribution in [2.45, 2.75) is 45.2 Å². The predicted octanol–water partition coefficient (Wildman–Crippen LogP) is 0.251. The molecular weight excluding hydrogens is 298 g/mol. The summed E-state index contributed by atoms with van der Waals surface area (Å²) >= 11 is 0. The minimum Gasteiger partial charge on any atom is -0.480 e. The van der Waals surface area contributed by atoms with Gasteiger partial charge in [0.05, 0.1) is 5.92 Å². The monoisotopic (exact) mass is 325 g/mol. The molecule has 2 aliphatic rings. The van der Waals surface area contributed by atoms with Crippen molar-refractivity contribution in [3.63, 3.8) is 0 Å². The molecule has 2 rings (SSSR count). The first-order chi connectivity index (χ1) is 10.8. The molecule has 0 spiro atoms. The van der Waals surface area contributed by atoms with E-state index in [-0.39, 0.29) is 18.2 Å². The topological polar surface area (TPSA) is 81.2 Å². The zero-order valence-electron chi connectivity index (χ0n) is 14.2. The Bertz CT molecular complexity index is 482. The van der Waals surface area contributed by atoms with E-state index >= 15 is 0 Å². The standard InChI is InChI=1S/C16H27N3O4/c1-4-18-7-5-6-13(18)10-19-9-12(8-14(19)20)15(21)17(3)11(2)16(22)23/h11-13H,4-10H2,1-3H3,(H,22,23)/t11-,12+,13+/m0/s1. The molecule has 2 aliphatic heterocycles. The van der Waals surface area contributed by atoms with Crippen molar-refractivity contribution in [1.29, 1.82) is 0 Å². The van der Waals surface area contributed by atoms with Crippen LogP contribution >= 0.6 is 0 Å². The van der Waals surface area contributed by atoms with Crippen LogP contribution in [0.3, 0.4) is 0 Å². The van der Waals surface area contributed by atoms with E-state index in [1.54, 1.807) is 4.90 Å². The summed E-state index contributed by atoms with van der Waals surface area (Å²) < 4.78 is 0. The number of likely N-dealkylation sites (N-methyl/N-ethyl adjacent to an activating group) is 2. The van der Waals surface area contributed by atoms with Crippen LogP contribution in [0, 0.1) is 5.92 Å². The Hall–Kier alpha value is -1.63. The second kappa shape index (κ2) is 7.29. The number of carboxylic acids is 1. The number of rotatable bonds is 6. The molecule has 1 N–H and O–H groups in total. The van der Waals surface area contributed by atoms with Crippen LogP contribution in [-0.2, 0) is 14.4 Å². The van der Waals surface area contributed by atoms with E-state index in [4.69, 9.17) is 5.11 Å². The summed E-state index contributed by atoms with van der Waals surface area (Å²) in [7, 11) is 1.49. The second-order valence-electron chi connectivity index (χ2n) is 6.59. The third-order valence-corrected chi connectivity index (χ3v) is 5.19. The molecule has 3 atom stereocenters. The fraction of sp³-hybridized carbons (Fsp3) is 0.812. The van der Waals surface area contributed by atoms with Gasteiger partial charge in [-0.15, -0.1) is 0 Å². The van der Waals surface area contributed by atoms with E-state index in [9.17, 15) is 14.4 Å². The molecule has 2 fully saturated rings. The minimum atomic E-state index is -1.04. The number of amides is 2. The maximum atomic E-state index is 12.4. The molecule has 2 amide bonds. The smallest absolute Gasteiger partial charge is 0.326 e. The average molecular weight is 325 g/mol. The van der Waals surface area contributed by atoms with Crippen LogP contribution in [0.2, 0.25) is 0 Å². The first-order valence-corrected chi connectivity index (χ1v) is 8.36. The number of carbonyl (C=O) groups excluding carboxylic acids is 2. The van der Waals surface area contributed by atoms with E-state index in [1.165, 1.54) is 18.9 Å². The Kier molecular flexibility index (Phi) is 5.62. The van der Waals surface area contributed by atoms with Gasteiger partial charge in [0.2, 0.25) is 11.8 Å². The summed E-state index contributed by atoms with van der Waals surface area (Å²) in [6.07, 6.45) is 2.43. The molecule has 7 heteroatoms. The lowest BCUT2D eigenvalue weighted by Gasteiger charge is -2.28. The van der Waals surface area contributed by atoms with Crippen molar-refractivity contribution in [2.24, 2.45) is 5.92 Å². The Labute approximate surface area is 137 Å². The summed E-state index contributed by atoms with van der Waals surface area (Å²) in [5.74, 6) is -1.71. The molecule has 23 heavy (non-hydrogen) atoms. The number of likely N-dealkylation sites (tertiary alicyclic amines) is 2. The number of nitrogens with zero attached hydrogens (tertiary/aromatic N) is 3. The first kappa shape index (κ1) is 17.7. The van der Waals surface area contributed by atoms with Gasteiger partial charge in [-0.2, -0.15) is 0 Å². The lowest BCUT2D eigenvalue weighted by Crippen LogP contribution is -2.44. The fourth-order valence-electron chi connectivity index (χ4n) is 3.53. The molecule has 2 saturated heterocycles. The predicted molar refractivity (Wildman–Crippen MR) is 84.8 cm³/mol. The Balaban J connectivity index is 1.94. The summed E-state index contributed by atoms with van der Waals surface area (Å²) in [6.45, 7) is 6.74. The van der Waals surface area contributed by atoms with E-state index in [0.717, 1.165) is 25.9 Å². The zero-order chi connectivity index (χ0) is 17.1. The number of carbonyl (C=O) groups is 3. The normalized spacial score (nSPS) is 26.6. The molecule has 2 heterocycles. The Morgan fingerprint density at radius 1 is 1.43 bits per heavy atom. The van der Waals surface area contributed by atoms with Crippen molar-refractivity contribution in [2.75, 3.05) is 33.2 Å². The zero-order valence-corrected chi connectivity index (χ0v) is 14.2. The molecule has 0 aliphatic carbocycles. The lowest BCUT2D eigenvalue weighted by molar-refractivity contribution is -0.149. The van der Waals surface area contributed by atoms with Crippen molar-refractivity contribution in [1.82, 2.24) is 14.7 Å². The number of carboxylic acid groups (broad SMARTS) is 1. The number of hydrogen-bond donors (Lipinski definition) is 1. The third-order valence-electron chi connectivity index (χ3n) is 5.19. The quantitative estimate of drug-likeness (QED) is 0.757. The maximum absolute atomic E-state index is 12.4. The van der Waals surface area contributed by atoms with E-state index in [1.807, 2.05) is 0 Å². The average Bonchev–Trinajstić information content (AvgIpc) is 3.12. The highest BCUT2D eigenvalue weighted by atomic mass is 16.4. The van der Waals surface area contributed by atoms with Crippen LogP contribution in [0.4, 0.5) is 0 Å². The molecule has 0 aromatic rings. The molecular formula is C16H27N3O4. The fourth-order valence-corrected chi connectivity index (χ4v) is 3.53. The van der Waals surface area contributed by atoms with Gasteiger partial charge in [0.1, 0.15) is 6.04 Å². The largest absolute Gasteiger partial charge is 0.480 e. The van der Waals surface area contributed by atoms with Gasteiger partial charge < -0.3 is 14.9 Å². The van der Waals surface area contributed by atoms with Gasteiger partial charge in [-0.25, -0.2) is 4.79 Å². The molecule has 130 valence electrons. The van der Waals surface area contributed by atoms with Crippen LogP contribution < -0.4 is 0 Å². The SMILES string of the molecule is CCN1CCC[C@@H]1CN1C[C@H](C(=O)N(C)[C@@H](C)C(=O)O)CC1=O.